The molecule has 0 spiro atoms. The Morgan fingerprint density at radius 2 is 0.892 bits per heavy atom. The van der Waals surface area contributed by atoms with Gasteiger partial charge in [0, 0.05) is 0 Å². The van der Waals surface area contributed by atoms with Gasteiger partial charge >= 0.3 is 37.7 Å². The fourth-order valence-electron chi connectivity index (χ4n) is 4.80. The van der Waals surface area contributed by atoms with Crippen LogP contribution in [0.2, 0.25) is 0 Å². The average molecular weight is 567 g/mol. The summed E-state index contributed by atoms with van der Waals surface area (Å²) in [5.41, 5.74) is 3.19. The summed E-state index contributed by atoms with van der Waals surface area (Å²) in [6, 6.07) is 18.2. The Bertz CT molecular complexity index is 1500. The number of fused-ring (bicyclic) bond motifs is 2. The first-order valence-electron chi connectivity index (χ1n) is 12.0. The number of rotatable bonds is 6. The van der Waals surface area contributed by atoms with E-state index in [4.69, 9.17) is 0 Å². The third-order valence-corrected chi connectivity index (χ3v) is 8.30. The van der Waals surface area contributed by atoms with Crippen molar-refractivity contribution in [2.24, 2.45) is 0 Å². The van der Waals surface area contributed by atoms with E-state index in [1.807, 2.05) is 64.1 Å². The second-order valence-corrected chi connectivity index (χ2v) is 11.1. The van der Waals surface area contributed by atoms with Crippen molar-refractivity contribution in [2.45, 2.75) is 63.2 Å². The average Bonchev–Trinajstić information content (AvgIpc) is 2.85. The Morgan fingerprint density at radius 1 is 0.568 bits per heavy atom. The summed E-state index contributed by atoms with van der Waals surface area (Å²) >= 11 is 0. The van der Waals surface area contributed by atoms with Gasteiger partial charge in [-0.3, -0.25) is 0 Å². The van der Waals surface area contributed by atoms with Crippen molar-refractivity contribution in [1.82, 2.24) is 0 Å². The van der Waals surface area contributed by atoms with E-state index in [0.717, 1.165) is 34.7 Å². The zero-order chi connectivity index (χ0) is 26.7. The van der Waals surface area contributed by atoms with Gasteiger partial charge in [-0.15, -0.1) is 0 Å². The summed E-state index contributed by atoms with van der Waals surface area (Å²) in [6.45, 7) is 7.67. The number of benzene rings is 4. The van der Waals surface area contributed by atoms with Gasteiger partial charge in [0.1, 0.15) is 20.2 Å². The Balaban J connectivity index is 0.000000253. The van der Waals surface area contributed by atoms with Gasteiger partial charge in [-0.2, -0.15) is 0 Å². The van der Waals surface area contributed by atoms with E-state index in [9.17, 15) is 25.9 Å². The summed E-state index contributed by atoms with van der Waals surface area (Å²) in [5.74, 6) is 0. The second-order valence-electron chi connectivity index (χ2n) is 8.45. The summed E-state index contributed by atoms with van der Waals surface area (Å²) in [6.07, 6.45) is 2.53. The van der Waals surface area contributed by atoms with Gasteiger partial charge in [0.05, 0.1) is 9.79 Å². The van der Waals surface area contributed by atoms with Crippen LogP contribution in [-0.4, -0.2) is 63.7 Å². The number of hydrogen-bond acceptors (Lipinski definition) is 6. The minimum atomic E-state index is -4.45. The zero-order valence-electron chi connectivity index (χ0n) is 21.6. The molecular formula is C28H30CaO6S2. The molecule has 192 valence electrons. The van der Waals surface area contributed by atoms with Crippen molar-refractivity contribution in [3.8, 4) is 0 Å². The molecule has 0 bridgehead atoms. The molecule has 0 N–H and O–H groups in total. The Labute approximate surface area is 249 Å². The molecule has 6 nitrogen and oxygen atoms in total. The molecule has 0 heterocycles. The molecule has 0 radical (unpaired) electrons. The molecule has 37 heavy (non-hydrogen) atoms. The minimum Gasteiger partial charge on any atom is -0.744 e. The van der Waals surface area contributed by atoms with E-state index in [-0.39, 0.29) is 47.5 Å². The monoisotopic (exact) mass is 566 g/mol. The van der Waals surface area contributed by atoms with E-state index < -0.39 is 20.2 Å². The maximum absolute atomic E-state index is 11.5. The van der Waals surface area contributed by atoms with Gasteiger partial charge < -0.3 is 9.11 Å². The van der Waals surface area contributed by atoms with Crippen LogP contribution in [0.1, 0.15) is 49.9 Å². The van der Waals surface area contributed by atoms with Crippen LogP contribution in [0.4, 0.5) is 0 Å². The van der Waals surface area contributed by atoms with Crippen molar-refractivity contribution in [1.29, 1.82) is 0 Å². The van der Waals surface area contributed by atoms with Gasteiger partial charge in [0.25, 0.3) is 0 Å². The van der Waals surface area contributed by atoms with Crippen LogP contribution in [0.3, 0.4) is 0 Å². The zero-order valence-corrected chi connectivity index (χ0v) is 25.4. The molecule has 0 saturated carbocycles. The predicted octanol–water partition coefficient (Wildman–Crippen LogP) is 5.36. The molecule has 0 aliphatic heterocycles. The maximum Gasteiger partial charge on any atom is 2.00 e. The number of hydrogen-bond donors (Lipinski definition) is 0. The van der Waals surface area contributed by atoms with Crippen molar-refractivity contribution in [2.75, 3.05) is 0 Å². The molecule has 0 unspecified atom stereocenters. The summed E-state index contributed by atoms with van der Waals surface area (Å²) in [4.78, 5) is -0.0834. The molecule has 4 rings (SSSR count). The fourth-order valence-corrected chi connectivity index (χ4v) is 6.87. The summed E-state index contributed by atoms with van der Waals surface area (Å²) in [5, 5.41) is 2.67. The summed E-state index contributed by atoms with van der Waals surface area (Å²) < 4.78 is 69.2. The van der Waals surface area contributed by atoms with Crippen LogP contribution in [0, 0.1) is 0 Å². The minimum absolute atomic E-state index is 0. The Morgan fingerprint density at radius 3 is 1.16 bits per heavy atom. The van der Waals surface area contributed by atoms with Gasteiger partial charge in [-0.05, 0) is 69.5 Å². The van der Waals surface area contributed by atoms with Crippen molar-refractivity contribution < 1.29 is 25.9 Å². The molecule has 0 aliphatic carbocycles. The largest absolute Gasteiger partial charge is 2.00 e. The van der Waals surface area contributed by atoms with E-state index in [2.05, 4.69) is 0 Å². The molecule has 4 aromatic carbocycles. The second kappa shape index (κ2) is 13.0. The molecule has 0 saturated heterocycles. The van der Waals surface area contributed by atoms with Crippen molar-refractivity contribution in [3.05, 3.63) is 82.9 Å². The molecule has 4 aromatic rings. The van der Waals surface area contributed by atoms with Crippen LogP contribution in [0.5, 0.6) is 0 Å². The van der Waals surface area contributed by atoms with Gasteiger partial charge in [0.2, 0.25) is 0 Å². The van der Waals surface area contributed by atoms with E-state index >= 15 is 0 Å². The van der Waals surface area contributed by atoms with E-state index in [0.29, 0.717) is 34.7 Å². The van der Waals surface area contributed by atoms with Gasteiger partial charge in [0.15, 0.2) is 0 Å². The normalized spacial score (nSPS) is 11.6. The first kappa shape index (κ1) is 31.7. The summed E-state index contributed by atoms with van der Waals surface area (Å²) in [7, 11) is -8.91. The SMILES string of the molecule is CCc1cc2ccccc2c(S(=O)(=O)[O-])c1CC.CCc1cc2ccccc2c(S(=O)(=O)[O-])c1CC.[Ca+2]. The van der Waals surface area contributed by atoms with Crippen LogP contribution in [-0.2, 0) is 45.9 Å². The van der Waals surface area contributed by atoms with Crippen LogP contribution >= 0.6 is 0 Å². The molecule has 0 amide bonds. The molecule has 9 heteroatoms. The molecule has 0 aliphatic rings. The maximum atomic E-state index is 11.5. The quantitative estimate of drug-likeness (QED) is 0.229. The van der Waals surface area contributed by atoms with E-state index in [1.54, 1.807) is 24.3 Å². The van der Waals surface area contributed by atoms with Crippen molar-refractivity contribution >= 4 is 79.5 Å². The van der Waals surface area contributed by atoms with Gasteiger partial charge in [-0.25, -0.2) is 16.8 Å². The Hall–Kier alpha value is -1.52. The Kier molecular flexibility index (Phi) is 11.2. The predicted molar refractivity (Wildman–Crippen MR) is 147 cm³/mol. The third kappa shape index (κ3) is 6.92. The topological polar surface area (TPSA) is 114 Å². The molecule has 0 aromatic heterocycles. The van der Waals surface area contributed by atoms with Crippen LogP contribution in [0.25, 0.3) is 21.5 Å². The molecular weight excluding hydrogens is 537 g/mol. The first-order chi connectivity index (χ1) is 17.0. The molecule has 0 fully saturated rings. The third-order valence-electron chi connectivity index (χ3n) is 6.36. The number of aryl methyl sites for hydroxylation is 2. The first-order valence-corrected chi connectivity index (χ1v) is 14.8. The van der Waals surface area contributed by atoms with Gasteiger partial charge in [-0.1, -0.05) is 88.4 Å². The standard InChI is InChI=1S/2C14H16O3S.Ca/c2*1-3-10-9-11-7-5-6-8-13(11)14(12(10)4-2)18(15,16)17;/h2*5-9H,3-4H2,1-2H3,(H,15,16,17);/q;;+2/p-2. The van der Waals surface area contributed by atoms with Crippen LogP contribution < -0.4 is 0 Å². The van der Waals surface area contributed by atoms with Crippen molar-refractivity contribution in [3.63, 3.8) is 0 Å². The fraction of sp³-hybridized carbons (Fsp3) is 0.286. The molecule has 0 atom stereocenters. The van der Waals surface area contributed by atoms with Crippen LogP contribution in [0.15, 0.2) is 70.5 Å². The smallest absolute Gasteiger partial charge is 0.744 e. The van der Waals surface area contributed by atoms with E-state index in [1.165, 1.54) is 0 Å².